The molecule has 0 radical (unpaired) electrons. The number of aliphatic hydroxyl groups is 1. The van der Waals surface area contributed by atoms with Crippen molar-refractivity contribution in [3.63, 3.8) is 0 Å². The Morgan fingerprint density at radius 1 is 1.41 bits per heavy atom. The third-order valence-corrected chi connectivity index (χ3v) is 4.35. The van der Waals surface area contributed by atoms with E-state index in [4.69, 9.17) is 5.11 Å². The molecule has 1 atom stereocenters. The van der Waals surface area contributed by atoms with Crippen LogP contribution < -0.4 is 10.2 Å². The second-order valence-electron chi connectivity index (χ2n) is 5.79. The number of fused-ring (bicyclic) bond motifs is 1. The summed E-state index contributed by atoms with van der Waals surface area (Å²) >= 11 is 0. The fourth-order valence-corrected chi connectivity index (χ4v) is 2.77. The molecule has 2 amide bonds. The molecule has 0 aromatic heterocycles. The third-order valence-electron chi connectivity index (χ3n) is 4.35. The molecule has 0 spiro atoms. The zero-order chi connectivity index (χ0) is 16.1. The monoisotopic (exact) mass is 304 g/mol. The van der Waals surface area contributed by atoms with E-state index < -0.39 is 0 Å². The molecule has 5 nitrogen and oxygen atoms in total. The minimum absolute atomic E-state index is 0.0984. The van der Waals surface area contributed by atoms with Crippen molar-refractivity contribution in [1.82, 2.24) is 5.32 Å². The highest BCUT2D eigenvalue weighted by molar-refractivity contribution is 5.98. The van der Waals surface area contributed by atoms with Crippen molar-refractivity contribution in [2.75, 3.05) is 25.1 Å². The number of carbonyl (C=O) groups excluding carboxylic acids is 2. The highest BCUT2D eigenvalue weighted by Gasteiger charge is 2.21. The van der Waals surface area contributed by atoms with Gasteiger partial charge < -0.3 is 15.3 Å². The van der Waals surface area contributed by atoms with Gasteiger partial charge in [0, 0.05) is 37.9 Å². The highest BCUT2D eigenvalue weighted by Crippen LogP contribution is 2.27. The molecule has 22 heavy (non-hydrogen) atoms. The van der Waals surface area contributed by atoms with Crippen LogP contribution in [0.2, 0.25) is 0 Å². The molecule has 0 fully saturated rings. The average molecular weight is 304 g/mol. The lowest BCUT2D eigenvalue weighted by molar-refractivity contribution is -0.118. The van der Waals surface area contributed by atoms with Crippen molar-refractivity contribution < 1.29 is 14.7 Å². The van der Waals surface area contributed by atoms with Gasteiger partial charge in [0.15, 0.2) is 0 Å². The summed E-state index contributed by atoms with van der Waals surface area (Å²) in [6, 6.07) is 5.48. The van der Waals surface area contributed by atoms with E-state index in [0.29, 0.717) is 37.3 Å². The lowest BCUT2D eigenvalue weighted by Crippen LogP contribution is -2.32. The number of carbonyl (C=O) groups is 2. The predicted molar refractivity (Wildman–Crippen MR) is 86.0 cm³/mol. The van der Waals surface area contributed by atoms with E-state index in [1.807, 2.05) is 12.1 Å². The number of nitrogens with zero attached hydrogens (tertiary/aromatic N) is 1. The largest absolute Gasteiger partial charge is 0.396 e. The van der Waals surface area contributed by atoms with Gasteiger partial charge in [-0.25, -0.2) is 0 Å². The van der Waals surface area contributed by atoms with Crippen LogP contribution in [-0.4, -0.2) is 37.1 Å². The zero-order valence-corrected chi connectivity index (χ0v) is 13.3. The van der Waals surface area contributed by atoms with Crippen LogP contribution in [0.25, 0.3) is 0 Å². The Balaban J connectivity index is 2.04. The van der Waals surface area contributed by atoms with Gasteiger partial charge in [-0.05, 0) is 42.5 Å². The summed E-state index contributed by atoms with van der Waals surface area (Å²) in [7, 11) is 1.76. The first-order valence-electron chi connectivity index (χ1n) is 7.85. The smallest absolute Gasteiger partial charge is 0.251 e. The van der Waals surface area contributed by atoms with Gasteiger partial charge in [0.25, 0.3) is 5.91 Å². The maximum Gasteiger partial charge on any atom is 0.251 e. The Morgan fingerprint density at radius 2 is 2.18 bits per heavy atom. The van der Waals surface area contributed by atoms with Crippen molar-refractivity contribution >= 4 is 17.5 Å². The molecule has 0 bridgehead atoms. The Morgan fingerprint density at radius 3 is 2.86 bits per heavy atom. The van der Waals surface area contributed by atoms with Crippen LogP contribution in [0.15, 0.2) is 18.2 Å². The van der Waals surface area contributed by atoms with Crippen LogP contribution in [-0.2, 0) is 11.2 Å². The first-order chi connectivity index (χ1) is 10.6. The van der Waals surface area contributed by atoms with Gasteiger partial charge in [-0.3, -0.25) is 9.59 Å². The number of aliphatic hydroxyl groups excluding tert-OH is 1. The summed E-state index contributed by atoms with van der Waals surface area (Å²) in [6.07, 6.45) is 2.80. The van der Waals surface area contributed by atoms with Crippen LogP contribution >= 0.6 is 0 Å². The Kier molecular flexibility index (Phi) is 5.55. The molecule has 5 heteroatoms. The summed E-state index contributed by atoms with van der Waals surface area (Å²) in [5, 5.41) is 11.9. The lowest BCUT2D eigenvalue weighted by atomic mass is 9.98. The third kappa shape index (κ3) is 3.65. The number of hydrogen-bond acceptors (Lipinski definition) is 3. The van der Waals surface area contributed by atoms with Gasteiger partial charge in [0.05, 0.1) is 0 Å². The van der Waals surface area contributed by atoms with E-state index >= 15 is 0 Å². The number of hydrogen-bond donors (Lipinski definition) is 2. The summed E-state index contributed by atoms with van der Waals surface area (Å²) in [5.74, 6) is 0.313. The van der Waals surface area contributed by atoms with Gasteiger partial charge in [-0.15, -0.1) is 0 Å². The van der Waals surface area contributed by atoms with E-state index in [1.54, 1.807) is 18.0 Å². The molecular formula is C17H24N2O3. The molecule has 1 aromatic carbocycles. The van der Waals surface area contributed by atoms with Crippen LogP contribution in [0.1, 0.15) is 42.1 Å². The summed E-state index contributed by atoms with van der Waals surface area (Å²) in [5.41, 5.74) is 2.55. The molecular weight excluding hydrogens is 280 g/mol. The van der Waals surface area contributed by atoms with Crippen molar-refractivity contribution in [1.29, 1.82) is 0 Å². The van der Waals surface area contributed by atoms with Gasteiger partial charge in [-0.2, -0.15) is 0 Å². The summed E-state index contributed by atoms with van der Waals surface area (Å²) in [6.45, 7) is 2.77. The molecule has 2 N–H and O–H groups in total. The fourth-order valence-electron chi connectivity index (χ4n) is 2.77. The van der Waals surface area contributed by atoms with E-state index in [1.165, 1.54) is 0 Å². The quantitative estimate of drug-likeness (QED) is 0.841. The first-order valence-corrected chi connectivity index (χ1v) is 7.85. The molecule has 120 valence electrons. The number of rotatable bonds is 6. The number of nitrogens with one attached hydrogen (secondary N) is 1. The molecule has 2 rings (SSSR count). The van der Waals surface area contributed by atoms with Crippen molar-refractivity contribution in [3.05, 3.63) is 29.3 Å². The van der Waals surface area contributed by atoms with Crippen LogP contribution in [0.5, 0.6) is 0 Å². The number of benzene rings is 1. The zero-order valence-electron chi connectivity index (χ0n) is 13.3. The van der Waals surface area contributed by atoms with E-state index in [2.05, 4.69) is 12.2 Å². The minimum atomic E-state index is -0.0984. The van der Waals surface area contributed by atoms with Crippen molar-refractivity contribution in [2.45, 2.75) is 32.6 Å². The second kappa shape index (κ2) is 7.40. The van der Waals surface area contributed by atoms with Crippen LogP contribution in [0, 0.1) is 5.92 Å². The number of anilines is 1. The van der Waals surface area contributed by atoms with Gasteiger partial charge in [-0.1, -0.05) is 13.3 Å². The predicted octanol–water partition coefficient (Wildman–Crippen LogP) is 1.73. The van der Waals surface area contributed by atoms with Crippen LogP contribution in [0.4, 0.5) is 5.69 Å². The van der Waals surface area contributed by atoms with E-state index in [9.17, 15) is 9.59 Å². The standard InChI is InChI=1S/C17H24N2O3/c1-3-12(8-9-20)11-18-17(22)14-4-6-15-13(10-14)5-7-16(21)19(15)2/h4,6,10,12,20H,3,5,7-9,11H2,1-2H3,(H,18,22). The number of aryl methyl sites for hydroxylation is 1. The molecule has 1 aromatic rings. The minimum Gasteiger partial charge on any atom is -0.396 e. The maximum absolute atomic E-state index is 12.2. The Bertz CT molecular complexity index is 557. The molecule has 1 unspecified atom stereocenters. The van der Waals surface area contributed by atoms with Crippen molar-refractivity contribution in [2.24, 2.45) is 5.92 Å². The van der Waals surface area contributed by atoms with Gasteiger partial charge >= 0.3 is 0 Å². The topological polar surface area (TPSA) is 69.6 Å². The Labute approximate surface area is 131 Å². The fraction of sp³-hybridized carbons (Fsp3) is 0.529. The summed E-state index contributed by atoms with van der Waals surface area (Å²) in [4.78, 5) is 25.6. The number of amides is 2. The second-order valence-corrected chi connectivity index (χ2v) is 5.79. The summed E-state index contributed by atoms with van der Waals surface area (Å²) < 4.78 is 0. The Hall–Kier alpha value is -1.88. The molecule has 0 saturated carbocycles. The molecule has 0 saturated heterocycles. The maximum atomic E-state index is 12.2. The average Bonchev–Trinajstić information content (AvgIpc) is 2.54. The molecule has 0 aliphatic carbocycles. The first kappa shape index (κ1) is 16.5. The van der Waals surface area contributed by atoms with Gasteiger partial charge in [0.2, 0.25) is 5.91 Å². The molecule has 1 aliphatic heterocycles. The highest BCUT2D eigenvalue weighted by atomic mass is 16.3. The van der Waals surface area contributed by atoms with E-state index in [0.717, 1.165) is 17.7 Å². The SMILES string of the molecule is CCC(CCO)CNC(=O)c1ccc2c(c1)CCC(=O)N2C. The van der Waals surface area contributed by atoms with E-state index in [-0.39, 0.29) is 18.4 Å². The molecule has 1 heterocycles. The van der Waals surface area contributed by atoms with Crippen LogP contribution in [0.3, 0.4) is 0 Å². The normalized spacial score (nSPS) is 15.4. The lowest BCUT2D eigenvalue weighted by Gasteiger charge is -2.26. The van der Waals surface area contributed by atoms with Gasteiger partial charge in [0.1, 0.15) is 0 Å². The molecule has 1 aliphatic rings. The van der Waals surface area contributed by atoms with Crippen molar-refractivity contribution in [3.8, 4) is 0 Å².